The second kappa shape index (κ2) is 9.79. The zero-order valence-corrected chi connectivity index (χ0v) is 18.3. The smallest absolute Gasteiger partial charge is 0.341 e. The molecule has 4 rings (SSSR count). The molecule has 11 heteroatoms. The number of benzene rings is 1. The van der Waals surface area contributed by atoms with Crippen LogP contribution in [0.4, 0.5) is 9.39 Å². The Balaban J connectivity index is 1.43. The van der Waals surface area contributed by atoms with Gasteiger partial charge < -0.3 is 18.9 Å². The zero-order chi connectivity index (χ0) is 22.5. The molecule has 0 spiro atoms. The second-order valence-electron chi connectivity index (χ2n) is 6.27. The SMILES string of the molecule is CCOC(=O)c1c(-c2ccco2)csc1NC(=O)CSc1nnc(-c2ccc(F)cc2)o1. The van der Waals surface area contributed by atoms with Crippen LogP contribution in [0.1, 0.15) is 17.3 Å². The van der Waals surface area contributed by atoms with Crippen LogP contribution in [0.2, 0.25) is 0 Å². The largest absolute Gasteiger partial charge is 0.464 e. The summed E-state index contributed by atoms with van der Waals surface area (Å²) in [7, 11) is 0. The number of thioether (sulfide) groups is 1. The van der Waals surface area contributed by atoms with E-state index in [1.807, 2.05) is 0 Å². The summed E-state index contributed by atoms with van der Waals surface area (Å²) in [5.74, 6) is -0.594. The van der Waals surface area contributed by atoms with Gasteiger partial charge in [-0.3, -0.25) is 4.79 Å². The van der Waals surface area contributed by atoms with Gasteiger partial charge in [0.25, 0.3) is 5.22 Å². The molecule has 0 saturated heterocycles. The van der Waals surface area contributed by atoms with Crippen molar-refractivity contribution < 1.29 is 27.6 Å². The number of hydrogen-bond donors (Lipinski definition) is 1. The lowest BCUT2D eigenvalue weighted by molar-refractivity contribution is -0.113. The topological polar surface area (TPSA) is 107 Å². The molecule has 0 atom stereocenters. The molecular formula is C21H16FN3O5S2. The highest BCUT2D eigenvalue weighted by Crippen LogP contribution is 2.36. The molecule has 1 amide bonds. The van der Waals surface area contributed by atoms with E-state index in [1.165, 1.54) is 41.9 Å². The average molecular weight is 474 g/mol. The number of amides is 1. The number of furan rings is 1. The summed E-state index contributed by atoms with van der Waals surface area (Å²) < 4.78 is 29.1. The van der Waals surface area contributed by atoms with E-state index < -0.39 is 5.97 Å². The number of carbonyl (C=O) groups is 2. The number of anilines is 1. The minimum Gasteiger partial charge on any atom is -0.464 e. The predicted molar refractivity (Wildman–Crippen MR) is 117 cm³/mol. The van der Waals surface area contributed by atoms with Crippen LogP contribution in [0.5, 0.6) is 0 Å². The second-order valence-corrected chi connectivity index (χ2v) is 8.07. The van der Waals surface area contributed by atoms with Gasteiger partial charge in [0.2, 0.25) is 11.8 Å². The van der Waals surface area contributed by atoms with Crippen molar-refractivity contribution in [2.24, 2.45) is 0 Å². The fraction of sp³-hybridized carbons (Fsp3) is 0.143. The van der Waals surface area contributed by atoms with Gasteiger partial charge in [-0.25, -0.2) is 9.18 Å². The monoisotopic (exact) mass is 473 g/mol. The van der Waals surface area contributed by atoms with Crippen LogP contribution in [0, 0.1) is 5.82 Å². The van der Waals surface area contributed by atoms with E-state index in [4.69, 9.17) is 13.6 Å². The van der Waals surface area contributed by atoms with Crippen LogP contribution in [0.15, 0.2) is 62.1 Å². The average Bonchev–Trinajstić information content (AvgIpc) is 3.53. The summed E-state index contributed by atoms with van der Waals surface area (Å²) in [5, 5.41) is 12.8. The molecular weight excluding hydrogens is 457 g/mol. The van der Waals surface area contributed by atoms with Gasteiger partial charge in [-0.2, -0.15) is 0 Å². The van der Waals surface area contributed by atoms with Gasteiger partial charge in [0.15, 0.2) is 0 Å². The van der Waals surface area contributed by atoms with Crippen LogP contribution in [-0.4, -0.2) is 34.4 Å². The lowest BCUT2D eigenvalue weighted by atomic mass is 10.1. The Morgan fingerprint density at radius 3 is 2.75 bits per heavy atom. The van der Waals surface area contributed by atoms with E-state index in [-0.39, 0.29) is 40.8 Å². The first-order valence-electron chi connectivity index (χ1n) is 9.39. The Bertz CT molecular complexity index is 1220. The lowest BCUT2D eigenvalue weighted by Gasteiger charge is -2.07. The van der Waals surface area contributed by atoms with Crippen LogP contribution in [0.3, 0.4) is 0 Å². The maximum absolute atomic E-state index is 13.1. The van der Waals surface area contributed by atoms with Gasteiger partial charge in [-0.1, -0.05) is 11.8 Å². The van der Waals surface area contributed by atoms with Gasteiger partial charge >= 0.3 is 5.97 Å². The van der Waals surface area contributed by atoms with Crippen molar-refractivity contribution in [3.05, 3.63) is 59.4 Å². The molecule has 0 bridgehead atoms. The molecule has 0 saturated carbocycles. The van der Waals surface area contributed by atoms with Gasteiger partial charge in [-0.15, -0.1) is 21.5 Å². The fourth-order valence-electron chi connectivity index (χ4n) is 2.74. The molecule has 8 nitrogen and oxygen atoms in total. The van der Waals surface area contributed by atoms with E-state index >= 15 is 0 Å². The quantitative estimate of drug-likeness (QED) is 0.278. The van der Waals surface area contributed by atoms with E-state index in [2.05, 4.69) is 15.5 Å². The van der Waals surface area contributed by atoms with Crippen LogP contribution < -0.4 is 5.32 Å². The molecule has 1 aromatic carbocycles. The molecule has 164 valence electrons. The Morgan fingerprint density at radius 2 is 2.03 bits per heavy atom. The number of aromatic nitrogens is 2. The highest BCUT2D eigenvalue weighted by molar-refractivity contribution is 7.99. The number of hydrogen-bond acceptors (Lipinski definition) is 9. The van der Waals surface area contributed by atoms with Crippen molar-refractivity contribution >= 4 is 40.0 Å². The maximum atomic E-state index is 13.1. The number of nitrogens with zero attached hydrogens (tertiary/aromatic N) is 2. The molecule has 0 unspecified atom stereocenters. The van der Waals surface area contributed by atoms with Crippen molar-refractivity contribution in [2.75, 3.05) is 17.7 Å². The summed E-state index contributed by atoms with van der Waals surface area (Å²) >= 11 is 2.24. The number of esters is 1. The molecule has 0 aliphatic heterocycles. The summed E-state index contributed by atoms with van der Waals surface area (Å²) in [6, 6.07) is 9.06. The van der Waals surface area contributed by atoms with E-state index in [0.717, 1.165) is 11.8 Å². The highest BCUT2D eigenvalue weighted by atomic mass is 32.2. The summed E-state index contributed by atoms with van der Waals surface area (Å²) in [6.45, 7) is 1.90. The standard InChI is InChI=1S/C21H16FN3O5S2/c1-2-28-20(27)17-14(15-4-3-9-29-15)10-31-19(17)23-16(26)11-32-21-25-24-18(30-21)12-5-7-13(22)8-6-12/h3-10H,2,11H2,1H3,(H,23,26). The predicted octanol–water partition coefficient (Wildman–Crippen LogP) is 5.10. The van der Waals surface area contributed by atoms with E-state index in [1.54, 1.807) is 24.4 Å². The third kappa shape index (κ3) is 4.89. The zero-order valence-electron chi connectivity index (χ0n) is 16.7. The molecule has 3 heterocycles. The minimum absolute atomic E-state index is 0.0265. The fourth-order valence-corrected chi connectivity index (χ4v) is 4.25. The van der Waals surface area contributed by atoms with Crippen molar-refractivity contribution in [1.29, 1.82) is 0 Å². The van der Waals surface area contributed by atoms with E-state index in [9.17, 15) is 14.0 Å². The first-order chi connectivity index (χ1) is 15.5. The summed E-state index contributed by atoms with van der Waals surface area (Å²) in [4.78, 5) is 25.0. The van der Waals surface area contributed by atoms with E-state index in [0.29, 0.717) is 21.9 Å². The lowest BCUT2D eigenvalue weighted by Crippen LogP contribution is -2.16. The Morgan fingerprint density at radius 1 is 1.22 bits per heavy atom. The van der Waals surface area contributed by atoms with Crippen molar-refractivity contribution in [1.82, 2.24) is 10.2 Å². The molecule has 1 N–H and O–H groups in total. The number of ether oxygens (including phenoxy) is 1. The van der Waals surface area contributed by atoms with Gasteiger partial charge in [0, 0.05) is 16.5 Å². The Hall–Kier alpha value is -3.44. The number of nitrogens with one attached hydrogen (secondary N) is 1. The Kier molecular flexibility index (Phi) is 6.66. The maximum Gasteiger partial charge on any atom is 0.341 e. The molecule has 3 aromatic heterocycles. The number of halogens is 1. The van der Waals surface area contributed by atoms with Gasteiger partial charge in [-0.05, 0) is 43.3 Å². The molecule has 0 aliphatic carbocycles. The van der Waals surface area contributed by atoms with Crippen LogP contribution in [-0.2, 0) is 9.53 Å². The van der Waals surface area contributed by atoms with Crippen LogP contribution in [0.25, 0.3) is 22.8 Å². The normalized spacial score (nSPS) is 10.8. The number of rotatable bonds is 8. The first kappa shape index (κ1) is 21.8. The van der Waals surface area contributed by atoms with Crippen molar-refractivity contribution in [3.63, 3.8) is 0 Å². The third-order valence-corrected chi connectivity index (χ3v) is 5.85. The third-order valence-electron chi connectivity index (χ3n) is 4.13. The Labute approximate surface area is 189 Å². The van der Waals surface area contributed by atoms with Crippen LogP contribution >= 0.6 is 23.1 Å². The first-order valence-corrected chi connectivity index (χ1v) is 11.3. The molecule has 4 aromatic rings. The number of thiophene rings is 1. The highest BCUT2D eigenvalue weighted by Gasteiger charge is 2.24. The summed E-state index contributed by atoms with van der Waals surface area (Å²) in [6.07, 6.45) is 1.50. The van der Waals surface area contributed by atoms with Gasteiger partial charge in [0.05, 0.1) is 18.6 Å². The molecule has 0 aliphatic rings. The van der Waals surface area contributed by atoms with Crippen molar-refractivity contribution in [3.8, 4) is 22.8 Å². The molecule has 0 fully saturated rings. The molecule has 0 radical (unpaired) electrons. The van der Waals surface area contributed by atoms with Gasteiger partial charge in [0.1, 0.15) is 22.1 Å². The minimum atomic E-state index is -0.552. The van der Waals surface area contributed by atoms with Crippen molar-refractivity contribution in [2.45, 2.75) is 12.1 Å². The molecule has 32 heavy (non-hydrogen) atoms. The summed E-state index contributed by atoms with van der Waals surface area (Å²) in [5.41, 5.74) is 1.35. The number of carbonyl (C=O) groups excluding carboxylic acids is 2.